The number of carbonyl (C=O) groups excluding carboxylic acids is 2. The van der Waals surface area contributed by atoms with Gasteiger partial charge in [0, 0.05) is 32.0 Å². The fourth-order valence-corrected chi connectivity index (χ4v) is 2.80. The van der Waals surface area contributed by atoms with Crippen LogP contribution in [-0.4, -0.2) is 40.3 Å². The van der Waals surface area contributed by atoms with Crippen LogP contribution in [-0.2, 0) is 23.8 Å². The molecule has 0 aromatic carbocycles. The Labute approximate surface area is 137 Å². The monoisotopic (exact) mass is 342 g/mol. The predicted octanol–water partition coefficient (Wildman–Crippen LogP) is 0.934. The SMILES string of the molecule is CC(=O)OC[C@H]1O[C@@H](n2ccc(=O)[nH]c2=S)[C@H](C)[C@@H]1OC(C)=O. The molecule has 2 rings (SSSR count). The number of aromatic amines is 1. The minimum Gasteiger partial charge on any atom is -0.463 e. The maximum absolute atomic E-state index is 11.3. The molecule has 0 radical (unpaired) electrons. The zero-order valence-corrected chi connectivity index (χ0v) is 13.8. The van der Waals surface area contributed by atoms with Gasteiger partial charge in [0.1, 0.15) is 25.0 Å². The molecular weight excluding hydrogens is 324 g/mol. The molecule has 1 aromatic heterocycles. The lowest BCUT2D eigenvalue weighted by Gasteiger charge is -2.21. The number of carbonyl (C=O) groups is 2. The summed E-state index contributed by atoms with van der Waals surface area (Å²) in [5.41, 5.74) is -0.315. The lowest BCUT2D eigenvalue weighted by molar-refractivity contribution is -0.156. The van der Waals surface area contributed by atoms with Crippen LogP contribution in [0.2, 0.25) is 0 Å². The average molecular weight is 342 g/mol. The quantitative estimate of drug-likeness (QED) is 0.642. The van der Waals surface area contributed by atoms with Crippen molar-refractivity contribution in [2.45, 2.75) is 39.2 Å². The number of H-pyrrole nitrogens is 1. The number of ether oxygens (including phenoxy) is 3. The van der Waals surface area contributed by atoms with Crippen LogP contribution in [0, 0.1) is 10.7 Å². The molecule has 4 atom stereocenters. The number of esters is 2. The molecule has 0 aliphatic carbocycles. The fourth-order valence-electron chi connectivity index (χ4n) is 2.54. The van der Waals surface area contributed by atoms with Crippen LogP contribution in [0.1, 0.15) is 27.0 Å². The van der Waals surface area contributed by atoms with E-state index in [4.69, 9.17) is 26.4 Å². The van der Waals surface area contributed by atoms with Crippen molar-refractivity contribution in [3.05, 3.63) is 27.4 Å². The summed E-state index contributed by atoms with van der Waals surface area (Å²) < 4.78 is 17.9. The molecule has 0 spiro atoms. The second kappa shape index (κ2) is 7.05. The van der Waals surface area contributed by atoms with Gasteiger partial charge in [0.05, 0.1) is 0 Å². The Morgan fingerprint density at radius 3 is 2.65 bits per heavy atom. The summed E-state index contributed by atoms with van der Waals surface area (Å²) in [6, 6.07) is 1.33. The Bertz CT molecular complexity index is 712. The number of nitrogens with one attached hydrogen (secondary N) is 1. The molecule has 8 nitrogen and oxygen atoms in total. The maximum atomic E-state index is 11.3. The van der Waals surface area contributed by atoms with Gasteiger partial charge in [0.15, 0.2) is 4.77 Å². The van der Waals surface area contributed by atoms with E-state index in [1.807, 2.05) is 6.92 Å². The van der Waals surface area contributed by atoms with Crippen LogP contribution in [0.25, 0.3) is 0 Å². The molecule has 0 bridgehead atoms. The van der Waals surface area contributed by atoms with Gasteiger partial charge < -0.3 is 14.2 Å². The summed E-state index contributed by atoms with van der Waals surface area (Å²) in [4.78, 5) is 36.1. The largest absolute Gasteiger partial charge is 0.463 e. The molecule has 9 heteroatoms. The molecule has 2 heterocycles. The van der Waals surface area contributed by atoms with Gasteiger partial charge in [0.2, 0.25) is 0 Å². The highest BCUT2D eigenvalue weighted by atomic mass is 32.1. The van der Waals surface area contributed by atoms with E-state index in [-0.39, 0.29) is 22.9 Å². The van der Waals surface area contributed by atoms with E-state index >= 15 is 0 Å². The van der Waals surface area contributed by atoms with Crippen molar-refractivity contribution in [2.75, 3.05) is 6.61 Å². The Kier molecular flexibility index (Phi) is 5.32. The van der Waals surface area contributed by atoms with Crippen molar-refractivity contribution in [3.8, 4) is 0 Å². The smallest absolute Gasteiger partial charge is 0.303 e. The Morgan fingerprint density at radius 1 is 1.39 bits per heavy atom. The summed E-state index contributed by atoms with van der Waals surface area (Å²) in [6.07, 6.45) is -0.243. The van der Waals surface area contributed by atoms with E-state index in [9.17, 15) is 14.4 Å². The van der Waals surface area contributed by atoms with Crippen LogP contribution in [0.4, 0.5) is 0 Å². The highest BCUT2D eigenvalue weighted by Gasteiger charge is 2.45. The van der Waals surface area contributed by atoms with Crippen molar-refractivity contribution < 1.29 is 23.8 Å². The van der Waals surface area contributed by atoms with Crippen molar-refractivity contribution in [1.82, 2.24) is 9.55 Å². The van der Waals surface area contributed by atoms with Crippen LogP contribution < -0.4 is 5.56 Å². The minimum atomic E-state index is -0.614. The molecule has 0 unspecified atom stereocenters. The number of rotatable bonds is 4. The van der Waals surface area contributed by atoms with Crippen molar-refractivity contribution in [1.29, 1.82) is 0 Å². The topological polar surface area (TPSA) is 99.6 Å². The van der Waals surface area contributed by atoms with Gasteiger partial charge in [-0.3, -0.25) is 23.9 Å². The van der Waals surface area contributed by atoms with Gasteiger partial charge >= 0.3 is 11.9 Å². The second-order valence-electron chi connectivity index (χ2n) is 5.32. The van der Waals surface area contributed by atoms with Crippen LogP contribution >= 0.6 is 12.2 Å². The highest BCUT2D eigenvalue weighted by Crippen LogP contribution is 2.36. The summed E-state index contributed by atoms with van der Waals surface area (Å²) >= 11 is 5.13. The van der Waals surface area contributed by atoms with Gasteiger partial charge in [-0.1, -0.05) is 6.92 Å². The highest BCUT2D eigenvalue weighted by molar-refractivity contribution is 7.71. The third-order valence-electron chi connectivity index (χ3n) is 3.53. The number of aromatic nitrogens is 2. The molecule has 0 amide bonds. The van der Waals surface area contributed by atoms with Crippen LogP contribution in [0.5, 0.6) is 0 Å². The second-order valence-corrected chi connectivity index (χ2v) is 5.70. The van der Waals surface area contributed by atoms with Gasteiger partial charge in [-0.2, -0.15) is 0 Å². The van der Waals surface area contributed by atoms with Crippen molar-refractivity contribution in [3.63, 3.8) is 0 Å². The zero-order valence-electron chi connectivity index (χ0n) is 13.0. The van der Waals surface area contributed by atoms with Gasteiger partial charge in [-0.05, 0) is 12.2 Å². The minimum absolute atomic E-state index is 0.0369. The summed E-state index contributed by atoms with van der Waals surface area (Å²) in [7, 11) is 0. The lowest BCUT2D eigenvalue weighted by atomic mass is 10.0. The predicted molar refractivity (Wildman–Crippen MR) is 81.1 cm³/mol. The molecule has 0 saturated carbocycles. The third-order valence-corrected chi connectivity index (χ3v) is 3.84. The number of hydrogen-bond donors (Lipinski definition) is 1. The molecule has 1 aromatic rings. The van der Waals surface area contributed by atoms with Crippen LogP contribution in [0.15, 0.2) is 17.1 Å². The molecule has 1 saturated heterocycles. The first kappa shape index (κ1) is 17.4. The summed E-state index contributed by atoms with van der Waals surface area (Å²) in [5, 5.41) is 0. The molecular formula is C14H18N2O6S. The average Bonchev–Trinajstić information content (AvgIpc) is 2.73. The Morgan fingerprint density at radius 2 is 2.09 bits per heavy atom. The number of hydrogen-bond acceptors (Lipinski definition) is 7. The third kappa shape index (κ3) is 4.05. The van der Waals surface area contributed by atoms with Crippen molar-refractivity contribution >= 4 is 24.2 Å². The summed E-state index contributed by atoms with van der Waals surface area (Å²) in [5.74, 6) is -1.16. The molecule has 1 N–H and O–H groups in total. The molecule has 1 aliphatic heterocycles. The van der Waals surface area contributed by atoms with Gasteiger partial charge in [-0.15, -0.1) is 0 Å². The van der Waals surface area contributed by atoms with Crippen LogP contribution in [0.3, 0.4) is 0 Å². The van der Waals surface area contributed by atoms with E-state index in [2.05, 4.69) is 4.98 Å². The van der Waals surface area contributed by atoms with E-state index in [0.717, 1.165) is 0 Å². The first-order valence-corrected chi connectivity index (χ1v) is 7.48. The normalized spacial score (nSPS) is 26.7. The lowest BCUT2D eigenvalue weighted by Crippen LogP contribution is -2.34. The standard InChI is InChI=1S/C14H18N2O6S/c1-7-12(21-9(3)18)10(6-20-8(2)17)22-13(7)16-5-4-11(19)15-14(16)23/h4-5,7,10,12-13H,6H2,1-3H3,(H,15,19,23)/t7-,10-,12+,13-/m1/s1. The van der Waals surface area contributed by atoms with E-state index in [1.54, 1.807) is 4.57 Å². The van der Waals surface area contributed by atoms with E-state index in [0.29, 0.717) is 0 Å². The van der Waals surface area contributed by atoms with Crippen molar-refractivity contribution in [2.24, 2.45) is 5.92 Å². The van der Waals surface area contributed by atoms with Gasteiger partial charge in [-0.25, -0.2) is 0 Å². The molecule has 23 heavy (non-hydrogen) atoms. The number of nitrogens with zero attached hydrogens (tertiary/aromatic N) is 1. The molecule has 126 valence electrons. The van der Waals surface area contributed by atoms with E-state index < -0.39 is 30.4 Å². The Balaban J connectivity index is 2.27. The Hall–Kier alpha value is -2.00. The first-order chi connectivity index (χ1) is 10.8. The maximum Gasteiger partial charge on any atom is 0.303 e. The molecule has 1 aliphatic rings. The van der Waals surface area contributed by atoms with E-state index in [1.165, 1.54) is 26.1 Å². The van der Waals surface area contributed by atoms with Gasteiger partial charge in [0.25, 0.3) is 5.56 Å². The first-order valence-electron chi connectivity index (χ1n) is 7.07. The summed E-state index contributed by atoms with van der Waals surface area (Å²) in [6.45, 7) is 4.38. The zero-order chi connectivity index (χ0) is 17.1. The molecule has 1 fully saturated rings. The fraction of sp³-hybridized carbons (Fsp3) is 0.571.